The SMILES string of the molecule is O=C(O)C1C2CCC(CC2)C1Nc1nc(Cl)nc(-c2ccc(F)c(F)c2)c1F. The van der Waals surface area contributed by atoms with E-state index in [1.807, 2.05) is 0 Å². The van der Waals surface area contributed by atoms with E-state index in [1.54, 1.807) is 0 Å². The molecule has 0 radical (unpaired) electrons. The highest BCUT2D eigenvalue weighted by atomic mass is 35.5. The minimum Gasteiger partial charge on any atom is -0.481 e. The van der Waals surface area contributed by atoms with Crippen LogP contribution >= 0.6 is 11.6 Å². The van der Waals surface area contributed by atoms with Crippen LogP contribution in [0.3, 0.4) is 0 Å². The van der Waals surface area contributed by atoms with Gasteiger partial charge >= 0.3 is 5.97 Å². The van der Waals surface area contributed by atoms with E-state index < -0.39 is 35.4 Å². The Labute approximate surface area is 164 Å². The first kappa shape index (κ1) is 19.0. The third-order valence-corrected chi connectivity index (χ3v) is 5.99. The third-order valence-electron chi connectivity index (χ3n) is 5.82. The molecule has 0 spiro atoms. The summed E-state index contributed by atoms with van der Waals surface area (Å²) in [5.74, 6) is -4.77. The zero-order valence-corrected chi connectivity index (χ0v) is 15.4. The number of halogens is 4. The van der Waals surface area contributed by atoms with Gasteiger partial charge in [-0.05, 0) is 67.3 Å². The molecule has 3 aliphatic rings. The van der Waals surface area contributed by atoms with Crippen LogP contribution in [0.5, 0.6) is 0 Å². The molecule has 2 aromatic rings. The molecular weight excluding hydrogens is 395 g/mol. The zero-order valence-electron chi connectivity index (χ0n) is 14.6. The standard InChI is InChI=1S/C19H17ClF3N3O2/c20-19-25-16(10-5-6-11(21)12(22)7-10)14(23)17(26-19)24-15-9-3-1-8(2-4-9)13(15)18(27)28/h5-9,13,15H,1-4H2,(H,27,28)(H,24,25,26). The molecule has 3 aliphatic carbocycles. The summed E-state index contributed by atoms with van der Waals surface area (Å²) in [5, 5.41) is 12.3. The highest BCUT2D eigenvalue weighted by molar-refractivity contribution is 6.28. The lowest BCUT2D eigenvalue weighted by Gasteiger charge is -2.47. The number of carbonyl (C=O) groups is 1. The Hall–Kier alpha value is -2.35. The summed E-state index contributed by atoms with van der Waals surface area (Å²) in [6.07, 6.45) is 3.41. The third kappa shape index (κ3) is 3.30. The molecule has 148 valence electrons. The fraction of sp³-hybridized carbons (Fsp3) is 0.421. The van der Waals surface area contributed by atoms with Crippen molar-refractivity contribution < 1.29 is 23.1 Å². The maximum Gasteiger partial charge on any atom is 0.308 e. The lowest BCUT2D eigenvalue weighted by atomic mass is 9.61. The average Bonchev–Trinajstić information content (AvgIpc) is 2.67. The molecule has 5 rings (SSSR count). The predicted octanol–water partition coefficient (Wildman–Crippen LogP) is 4.52. The number of hydrogen-bond acceptors (Lipinski definition) is 4. The molecule has 2 N–H and O–H groups in total. The lowest BCUT2D eigenvalue weighted by molar-refractivity contribution is -0.148. The number of carboxylic acids is 1. The quantitative estimate of drug-likeness (QED) is 0.724. The van der Waals surface area contributed by atoms with Gasteiger partial charge in [0, 0.05) is 11.6 Å². The van der Waals surface area contributed by atoms with E-state index in [0.717, 1.165) is 37.8 Å². The molecule has 28 heavy (non-hydrogen) atoms. The molecule has 1 aromatic heterocycles. The smallest absolute Gasteiger partial charge is 0.308 e. The van der Waals surface area contributed by atoms with Crippen molar-refractivity contribution in [2.24, 2.45) is 17.8 Å². The molecule has 1 aromatic carbocycles. The molecule has 0 saturated heterocycles. The van der Waals surface area contributed by atoms with Crippen LogP contribution in [0, 0.1) is 35.2 Å². The largest absolute Gasteiger partial charge is 0.481 e. The molecule has 3 saturated carbocycles. The Balaban J connectivity index is 1.71. The normalized spacial score (nSPS) is 26.3. The van der Waals surface area contributed by atoms with Crippen molar-refractivity contribution in [3.05, 3.63) is 40.9 Å². The van der Waals surface area contributed by atoms with Crippen LogP contribution in [-0.2, 0) is 4.79 Å². The van der Waals surface area contributed by atoms with Gasteiger partial charge < -0.3 is 10.4 Å². The molecule has 9 heteroatoms. The van der Waals surface area contributed by atoms with E-state index in [0.29, 0.717) is 0 Å². The fourth-order valence-corrected chi connectivity index (χ4v) is 4.69. The molecule has 2 bridgehead atoms. The molecule has 5 nitrogen and oxygen atoms in total. The maximum atomic E-state index is 15.1. The van der Waals surface area contributed by atoms with Gasteiger partial charge in [-0.1, -0.05) is 0 Å². The minimum atomic E-state index is -1.14. The van der Waals surface area contributed by atoms with Gasteiger partial charge in [0.05, 0.1) is 5.92 Å². The first-order valence-electron chi connectivity index (χ1n) is 9.03. The van der Waals surface area contributed by atoms with Gasteiger partial charge in [-0.2, -0.15) is 4.98 Å². The Morgan fingerprint density at radius 3 is 2.39 bits per heavy atom. The van der Waals surface area contributed by atoms with E-state index >= 15 is 4.39 Å². The molecular formula is C19H17ClF3N3O2. The molecule has 2 unspecified atom stereocenters. The van der Waals surface area contributed by atoms with Crippen molar-refractivity contribution in [2.75, 3.05) is 5.32 Å². The van der Waals surface area contributed by atoms with E-state index in [9.17, 15) is 18.7 Å². The number of benzene rings is 1. The maximum absolute atomic E-state index is 15.1. The Bertz CT molecular complexity index is 935. The van der Waals surface area contributed by atoms with Gasteiger partial charge in [0.2, 0.25) is 5.28 Å². The second kappa shape index (κ2) is 7.24. The number of aromatic nitrogens is 2. The van der Waals surface area contributed by atoms with Crippen LogP contribution < -0.4 is 5.32 Å². The molecule has 2 atom stereocenters. The van der Waals surface area contributed by atoms with Gasteiger partial charge in [0.1, 0.15) is 5.69 Å². The van der Waals surface area contributed by atoms with E-state index in [-0.39, 0.29) is 34.2 Å². The summed E-state index contributed by atoms with van der Waals surface area (Å²) >= 11 is 5.93. The van der Waals surface area contributed by atoms with Gasteiger partial charge in [-0.15, -0.1) is 0 Å². The van der Waals surface area contributed by atoms with Gasteiger partial charge in [0.25, 0.3) is 0 Å². The van der Waals surface area contributed by atoms with Crippen molar-refractivity contribution in [1.29, 1.82) is 0 Å². The molecule has 0 amide bonds. The van der Waals surface area contributed by atoms with E-state index in [2.05, 4.69) is 15.3 Å². The first-order chi connectivity index (χ1) is 13.3. The number of anilines is 1. The summed E-state index contributed by atoms with van der Waals surface area (Å²) in [4.78, 5) is 19.5. The topological polar surface area (TPSA) is 75.1 Å². The Morgan fingerprint density at radius 2 is 1.75 bits per heavy atom. The van der Waals surface area contributed by atoms with Crippen molar-refractivity contribution in [2.45, 2.75) is 31.7 Å². The second-order valence-electron chi connectivity index (χ2n) is 7.34. The number of nitrogens with zero attached hydrogens (tertiary/aromatic N) is 2. The number of fused-ring (bicyclic) bond motifs is 3. The summed E-state index contributed by atoms with van der Waals surface area (Å²) < 4.78 is 41.8. The highest BCUT2D eigenvalue weighted by Crippen LogP contribution is 2.46. The number of hydrogen-bond donors (Lipinski definition) is 2. The van der Waals surface area contributed by atoms with Gasteiger partial charge in [-0.3, -0.25) is 4.79 Å². The summed E-state index contributed by atoms with van der Waals surface area (Å²) in [6, 6.07) is 2.40. The number of carboxylic acid groups (broad SMARTS) is 1. The lowest BCUT2D eigenvalue weighted by Crippen LogP contribution is -2.51. The van der Waals surface area contributed by atoms with Crippen molar-refractivity contribution in [3.8, 4) is 11.3 Å². The zero-order chi connectivity index (χ0) is 20.0. The van der Waals surface area contributed by atoms with E-state index in [4.69, 9.17) is 11.6 Å². The monoisotopic (exact) mass is 411 g/mol. The van der Waals surface area contributed by atoms with Crippen LogP contribution in [0.25, 0.3) is 11.3 Å². The molecule has 0 aliphatic heterocycles. The number of nitrogens with one attached hydrogen (secondary N) is 1. The fourth-order valence-electron chi connectivity index (χ4n) is 4.52. The average molecular weight is 412 g/mol. The number of aliphatic carboxylic acids is 1. The van der Waals surface area contributed by atoms with Crippen LogP contribution in [0.2, 0.25) is 5.28 Å². The molecule has 3 fully saturated rings. The van der Waals surface area contributed by atoms with Gasteiger partial charge in [0.15, 0.2) is 23.3 Å². The predicted molar refractivity (Wildman–Crippen MR) is 96.3 cm³/mol. The van der Waals surface area contributed by atoms with Crippen LogP contribution in [0.1, 0.15) is 25.7 Å². The van der Waals surface area contributed by atoms with Gasteiger partial charge in [-0.25, -0.2) is 18.2 Å². The van der Waals surface area contributed by atoms with Crippen LogP contribution in [-0.4, -0.2) is 27.1 Å². The highest BCUT2D eigenvalue weighted by Gasteiger charge is 2.47. The second-order valence-corrected chi connectivity index (χ2v) is 7.68. The van der Waals surface area contributed by atoms with Crippen molar-refractivity contribution >= 4 is 23.4 Å². The van der Waals surface area contributed by atoms with E-state index in [1.165, 1.54) is 6.07 Å². The summed E-state index contributed by atoms with van der Waals surface area (Å²) in [5.41, 5.74) is -0.280. The number of rotatable bonds is 4. The van der Waals surface area contributed by atoms with Crippen LogP contribution in [0.4, 0.5) is 19.0 Å². The van der Waals surface area contributed by atoms with Crippen molar-refractivity contribution in [3.63, 3.8) is 0 Å². The van der Waals surface area contributed by atoms with Crippen molar-refractivity contribution in [1.82, 2.24) is 9.97 Å². The molecule has 1 heterocycles. The summed E-state index contributed by atoms with van der Waals surface area (Å²) in [7, 11) is 0. The van der Waals surface area contributed by atoms with Crippen LogP contribution in [0.15, 0.2) is 18.2 Å². The Morgan fingerprint density at radius 1 is 1.07 bits per heavy atom. The minimum absolute atomic E-state index is 0.00343. The first-order valence-corrected chi connectivity index (χ1v) is 9.40. The summed E-state index contributed by atoms with van der Waals surface area (Å²) in [6.45, 7) is 0. The Kier molecular flexibility index (Phi) is 4.91.